The minimum Gasteiger partial charge on any atom is -0.326 e. The maximum Gasteiger partial charge on any atom is 0.243 e. The number of nitrogens with one attached hydrogen (secondary N) is 1. The number of carbonyl (C=O) groups excluding carboxylic acids is 2. The normalized spacial score (nSPS) is 13.2. The van der Waals surface area contributed by atoms with E-state index in [0.29, 0.717) is 12.2 Å². The van der Waals surface area contributed by atoms with Crippen molar-refractivity contribution < 1.29 is 9.59 Å². The topological polar surface area (TPSA) is 79.6 Å². The number of hydrogen-bond donors (Lipinski definition) is 1. The Kier molecular flexibility index (Phi) is 5.93. The second kappa shape index (κ2) is 8.95. The molecule has 7 heteroatoms. The van der Waals surface area contributed by atoms with E-state index in [4.69, 9.17) is 0 Å². The molecule has 3 aromatic rings. The predicted octanol–water partition coefficient (Wildman–Crippen LogP) is 3.84. The van der Waals surface area contributed by atoms with Crippen LogP contribution in [0.1, 0.15) is 36.2 Å². The van der Waals surface area contributed by atoms with Gasteiger partial charge in [0.05, 0.1) is 23.6 Å². The zero-order valence-corrected chi connectivity index (χ0v) is 17.7. The lowest BCUT2D eigenvalue weighted by Crippen LogP contribution is -2.25. The molecule has 0 aliphatic carbocycles. The summed E-state index contributed by atoms with van der Waals surface area (Å²) in [5.74, 6) is -0.345. The Morgan fingerprint density at radius 3 is 2.55 bits per heavy atom. The van der Waals surface area contributed by atoms with Crippen LogP contribution in [0.4, 0.5) is 5.69 Å². The van der Waals surface area contributed by atoms with Crippen LogP contribution in [0.3, 0.4) is 0 Å². The number of hydrogen-bond acceptors (Lipinski definition) is 4. The highest BCUT2D eigenvalue weighted by atomic mass is 16.2. The molecule has 0 unspecified atom stereocenters. The quantitative estimate of drug-likeness (QED) is 0.664. The second-order valence-electron chi connectivity index (χ2n) is 7.62. The number of rotatable bonds is 6. The van der Waals surface area contributed by atoms with Gasteiger partial charge in [-0.2, -0.15) is 10.2 Å². The summed E-state index contributed by atoms with van der Waals surface area (Å²) in [5.41, 5.74) is 5.43. The molecule has 1 aromatic heterocycles. The molecule has 1 aliphatic rings. The van der Waals surface area contributed by atoms with Gasteiger partial charge in [0.2, 0.25) is 11.8 Å². The van der Waals surface area contributed by atoms with Crippen LogP contribution in [-0.2, 0) is 9.59 Å². The molecule has 1 N–H and O–H groups in total. The van der Waals surface area contributed by atoms with Crippen molar-refractivity contribution in [1.29, 1.82) is 0 Å². The first-order valence-corrected chi connectivity index (χ1v) is 10.4. The van der Waals surface area contributed by atoms with Gasteiger partial charge >= 0.3 is 0 Å². The molecule has 1 aliphatic heterocycles. The summed E-state index contributed by atoms with van der Waals surface area (Å²) >= 11 is 0. The van der Waals surface area contributed by atoms with Gasteiger partial charge in [0, 0.05) is 30.6 Å². The largest absolute Gasteiger partial charge is 0.326 e. The first kappa shape index (κ1) is 20.5. The molecule has 0 bridgehead atoms. The SMILES string of the molecule is Cc1cc(C)n(-c2cccc(NC(=O)CCC(=O)N3CCC(c4ccccc4)=N3)c2)n1. The number of aryl methyl sites for hydroxylation is 2. The van der Waals surface area contributed by atoms with Gasteiger partial charge in [0.25, 0.3) is 0 Å². The Bertz CT molecular complexity index is 1130. The van der Waals surface area contributed by atoms with E-state index in [1.54, 1.807) is 0 Å². The maximum atomic E-state index is 12.5. The number of amides is 2. The molecule has 0 spiro atoms. The Morgan fingerprint density at radius 1 is 1.00 bits per heavy atom. The van der Waals surface area contributed by atoms with Crippen molar-refractivity contribution in [3.8, 4) is 5.69 Å². The van der Waals surface area contributed by atoms with Crippen LogP contribution in [-0.4, -0.2) is 38.9 Å². The first-order valence-electron chi connectivity index (χ1n) is 10.4. The zero-order valence-electron chi connectivity index (χ0n) is 17.7. The van der Waals surface area contributed by atoms with Crippen LogP contribution < -0.4 is 5.32 Å². The monoisotopic (exact) mass is 415 g/mol. The van der Waals surface area contributed by atoms with E-state index in [1.807, 2.05) is 79.2 Å². The van der Waals surface area contributed by atoms with Crippen LogP contribution in [0, 0.1) is 13.8 Å². The predicted molar refractivity (Wildman–Crippen MR) is 120 cm³/mol. The van der Waals surface area contributed by atoms with Crippen molar-refractivity contribution in [1.82, 2.24) is 14.8 Å². The zero-order chi connectivity index (χ0) is 21.8. The summed E-state index contributed by atoms with van der Waals surface area (Å²) in [6, 6.07) is 19.3. The molecule has 4 rings (SSSR count). The van der Waals surface area contributed by atoms with E-state index in [0.717, 1.165) is 34.8 Å². The summed E-state index contributed by atoms with van der Waals surface area (Å²) in [5, 5.41) is 13.3. The summed E-state index contributed by atoms with van der Waals surface area (Å²) in [6.07, 6.45) is 0.950. The maximum absolute atomic E-state index is 12.5. The highest BCUT2D eigenvalue weighted by Crippen LogP contribution is 2.18. The lowest BCUT2D eigenvalue weighted by molar-refractivity contribution is -0.132. The highest BCUT2D eigenvalue weighted by Gasteiger charge is 2.22. The van der Waals surface area contributed by atoms with Gasteiger partial charge < -0.3 is 5.32 Å². The average molecular weight is 415 g/mol. The number of aromatic nitrogens is 2. The van der Waals surface area contributed by atoms with Crippen molar-refractivity contribution >= 4 is 23.2 Å². The molecule has 158 valence electrons. The summed E-state index contributed by atoms with van der Waals surface area (Å²) in [4.78, 5) is 24.9. The number of nitrogens with zero attached hydrogens (tertiary/aromatic N) is 4. The van der Waals surface area contributed by atoms with Crippen molar-refractivity contribution in [2.75, 3.05) is 11.9 Å². The molecule has 0 atom stereocenters. The van der Waals surface area contributed by atoms with Gasteiger partial charge in [-0.05, 0) is 43.7 Å². The number of benzene rings is 2. The third-order valence-electron chi connectivity index (χ3n) is 5.15. The summed E-state index contributed by atoms with van der Waals surface area (Å²) < 4.78 is 1.84. The standard InChI is InChI=1S/C24H25N5O2/c1-17-15-18(2)29(26-17)21-10-6-9-20(16-21)25-23(30)11-12-24(31)28-14-13-22(27-28)19-7-4-3-5-8-19/h3-10,15-16H,11-14H2,1-2H3,(H,25,30). The summed E-state index contributed by atoms with van der Waals surface area (Å²) in [7, 11) is 0. The molecular formula is C24H25N5O2. The van der Waals surface area contributed by atoms with Crippen LogP contribution in [0.15, 0.2) is 65.8 Å². The Labute approximate surface area is 181 Å². The second-order valence-corrected chi connectivity index (χ2v) is 7.62. The van der Waals surface area contributed by atoms with E-state index in [1.165, 1.54) is 5.01 Å². The number of carbonyl (C=O) groups is 2. The van der Waals surface area contributed by atoms with E-state index in [-0.39, 0.29) is 24.7 Å². The minimum absolute atomic E-state index is 0.107. The van der Waals surface area contributed by atoms with Gasteiger partial charge in [0.1, 0.15) is 0 Å². The fourth-order valence-electron chi connectivity index (χ4n) is 3.65. The fraction of sp³-hybridized carbons (Fsp3) is 0.250. The van der Waals surface area contributed by atoms with E-state index < -0.39 is 0 Å². The minimum atomic E-state index is -0.203. The van der Waals surface area contributed by atoms with Crippen molar-refractivity contribution in [3.05, 3.63) is 77.6 Å². The molecule has 0 fully saturated rings. The van der Waals surface area contributed by atoms with Gasteiger partial charge in [-0.1, -0.05) is 36.4 Å². The van der Waals surface area contributed by atoms with Crippen molar-refractivity contribution in [3.63, 3.8) is 0 Å². The van der Waals surface area contributed by atoms with Crippen LogP contribution >= 0.6 is 0 Å². The molecule has 0 saturated carbocycles. The molecule has 2 aromatic carbocycles. The Morgan fingerprint density at radius 2 is 1.81 bits per heavy atom. The molecule has 7 nitrogen and oxygen atoms in total. The molecule has 31 heavy (non-hydrogen) atoms. The van der Waals surface area contributed by atoms with E-state index in [2.05, 4.69) is 15.5 Å². The molecule has 2 heterocycles. The average Bonchev–Trinajstić information content (AvgIpc) is 3.39. The third-order valence-corrected chi connectivity index (χ3v) is 5.15. The van der Waals surface area contributed by atoms with Gasteiger partial charge in [0.15, 0.2) is 0 Å². The third kappa shape index (κ3) is 4.88. The van der Waals surface area contributed by atoms with Gasteiger partial charge in [-0.25, -0.2) is 9.69 Å². The molecule has 0 saturated heterocycles. The number of hydrazone groups is 1. The lowest BCUT2D eigenvalue weighted by atomic mass is 10.1. The molecular weight excluding hydrogens is 390 g/mol. The van der Waals surface area contributed by atoms with Crippen molar-refractivity contribution in [2.45, 2.75) is 33.1 Å². The van der Waals surface area contributed by atoms with Gasteiger partial charge in [-0.3, -0.25) is 9.59 Å². The fourth-order valence-corrected chi connectivity index (χ4v) is 3.65. The van der Waals surface area contributed by atoms with E-state index in [9.17, 15) is 9.59 Å². The van der Waals surface area contributed by atoms with Crippen LogP contribution in [0.25, 0.3) is 5.69 Å². The Balaban J connectivity index is 1.33. The van der Waals surface area contributed by atoms with Gasteiger partial charge in [-0.15, -0.1) is 0 Å². The summed E-state index contributed by atoms with van der Waals surface area (Å²) in [6.45, 7) is 4.48. The van der Waals surface area contributed by atoms with Crippen molar-refractivity contribution in [2.24, 2.45) is 5.10 Å². The van der Waals surface area contributed by atoms with Crippen LogP contribution in [0.2, 0.25) is 0 Å². The molecule has 0 radical (unpaired) electrons. The molecule has 2 amide bonds. The van der Waals surface area contributed by atoms with Crippen LogP contribution in [0.5, 0.6) is 0 Å². The van der Waals surface area contributed by atoms with E-state index >= 15 is 0 Å². The smallest absolute Gasteiger partial charge is 0.243 e. The first-order chi connectivity index (χ1) is 15.0. The highest BCUT2D eigenvalue weighted by molar-refractivity contribution is 6.02. The number of anilines is 1. The Hall–Kier alpha value is -3.74. The lowest BCUT2D eigenvalue weighted by Gasteiger charge is -2.12.